The molecule has 1 fully saturated rings. The lowest BCUT2D eigenvalue weighted by Gasteiger charge is -2.33. The number of carbonyl (C=O) groups is 1. The van der Waals surface area contributed by atoms with Crippen molar-refractivity contribution < 1.29 is 9.90 Å². The lowest BCUT2D eigenvalue weighted by atomic mass is 9.95. The lowest BCUT2D eigenvalue weighted by molar-refractivity contribution is 0.198. The number of piperidine rings is 1. The summed E-state index contributed by atoms with van der Waals surface area (Å²) in [7, 11) is 0. The third-order valence-electron chi connectivity index (χ3n) is 6.90. The summed E-state index contributed by atoms with van der Waals surface area (Å²) in [5.74, 6) is 1.08. The first-order chi connectivity index (χ1) is 15.0. The summed E-state index contributed by atoms with van der Waals surface area (Å²) in [6.07, 6.45) is 3.73. The van der Waals surface area contributed by atoms with E-state index in [2.05, 4.69) is 47.1 Å². The first kappa shape index (κ1) is 20.1. The number of aryl methyl sites for hydroxylation is 1. The molecular formula is C25H30N4O2. The fourth-order valence-corrected chi connectivity index (χ4v) is 5.39. The van der Waals surface area contributed by atoms with E-state index in [1.54, 1.807) is 0 Å². The maximum absolute atomic E-state index is 12.0. The lowest BCUT2D eigenvalue weighted by Crippen LogP contribution is -2.41. The number of hydrogen-bond donors (Lipinski definition) is 2. The molecule has 1 amide bonds. The number of hydrogen-bond acceptors (Lipinski definition) is 3. The Morgan fingerprint density at radius 3 is 2.71 bits per heavy atom. The van der Waals surface area contributed by atoms with E-state index in [0.29, 0.717) is 12.1 Å². The van der Waals surface area contributed by atoms with Crippen LogP contribution in [0.5, 0.6) is 0 Å². The van der Waals surface area contributed by atoms with Crippen LogP contribution in [0.15, 0.2) is 42.5 Å². The maximum atomic E-state index is 12.0. The molecule has 0 bridgehead atoms. The average molecular weight is 419 g/mol. The predicted octanol–water partition coefficient (Wildman–Crippen LogP) is 4.76. The third-order valence-corrected chi connectivity index (χ3v) is 6.90. The Hall–Kier alpha value is -2.86. The van der Waals surface area contributed by atoms with Crippen LogP contribution in [0.1, 0.15) is 56.1 Å². The van der Waals surface area contributed by atoms with Crippen LogP contribution in [0, 0.1) is 0 Å². The quantitative estimate of drug-likeness (QED) is 0.643. The second-order valence-electron chi connectivity index (χ2n) is 9.07. The highest BCUT2D eigenvalue weighted by molar-refractivity contribution is 5.94. The smallest absolute Gasteiger partial charge is 0.412 e. The molecule has 0 saturated carbocycles. The van der Waals surface area contributed by atoms with Crippen LogP contribution in [0.3, 0.4) is 0 Å². The SMILES string of the molecule is C[C@@H]1C[C@@H](n2c(Cc3ccccc3)nc3c4c(ccc32)N(C(=O)O)[C@@H](C)CC4)CCN1. The van der Waals surface area contributed by atoms with Crippen LogP contribution < -0.4 is 10.2 Å². The van der Waals surface area contributed by atoms with Gasteiger partial charge in [-0.15, -0.1) is 0 Å². The Morgan fingerprint density at radius 1 is 1.16 bits per heavy atom. The van der Waals surface area contributed by atoms with Crippen molar-refractivity contribution in [2.75, 3.05) is 11.4 Å². The van der Waals surface area contributed by atoms with Gasteiger partial charge in [-0.3, -0.25) is 4.90 Å². The summed E-state index contributed by atoms with van der Waals surface area (Å²) < 4.78 is 2.45. The largest absolute Gasteiger partial charge is 0.465 e. The van der Waals surface area contributed by atoms with Gasteiger partial charge in [0.25, 0.3) is 0 Å². The molecule has 0 radical (unpaired) electrons. The van der Waals surface area contributed by atoms with E-state index in [1.165, 1.54) is 10.5 Å². The number of carboxylic acid groups (broad SMARTS) is 1. The summed E-state index contributed by atoms with van der Waals surface area (Å²) in [6.45, 7) is 5.23. The molecule has 3 heterocycles. The van der Waals surface area contributed by atoms with Crippen molar-refractivity contribution >= 4 is 22.8 Å². The molecule has 2 N–H and O–H groups in total. The summed E-state index contributed by atoms with van der Waals surface area (Å²) in [5, 5.41) is 13.4. The molecule has 2 aliphatic rings. The van der Waals surface area contributed by atoms with Gasteiger partial charge in [-0.2, -0.15) is 0 Å². The van der Waals surface area contributed by atoms with Crippen LogP contribution in [-0.4, -0.2) is 39.4 Å². The predicted molar refractivity (Wildman–Crippen MR) is 123 cm³/mol. The van der Waals surface area contributed by atoms with E-state index in [0.717, 1.165) is 66.8 Å². The van der Waals surface area contributed by atoms with Crippen molar-refractivity contribution in [2.24, 2.45) is 0 Å². The van der Waals surface area contributed by atoms with E-state index >= 15 is 0 Å². The minimum Gasteiger partial charge on any atom is -0.465 e. The Balaban J connectivity index is 1.67. The molecule has 31 heavy (non-hydrogen) atoms. The van der Waals surface area contributed by atoms with Crippen molar-refractivity contribution in [3.63, 3.8) is 0 Å². The van der Waals surface area contributed by atoms with E-state index in [1.807, 2.05) is 19.1 Å². The number of amides is 1. The molecule has 2 aliphatic heterocycles. The average Bonchev–Trinajstić information content (AvgIpc) is 3.12. The first-order valence-electron chi connectivity index (χ1n) is 11.3. The fourth-order valence-electron chi connectivity index (χ4n) is 5.39. The normalized spacial score (nSPS) is 23.7. The zero-order valence-corrected chi connectivity index (χ0v) is 18.2. The van der Waals surface area contributed by atoms with Crippen LogP contribution >= 0.6 is 0 Å². The Morgan fingerprint density at radius 2 is 1.97 bits per heavy atom. The van der Waals surface area contributed by atoms with Crippen LogP contribution in [0.4, 0.5) is 10.5 Å². The van der Waals surface area contributed by atoms with Gasteiger partial charge in [0.1, 0.15) is 5.82 Å². The van der Waals surface area contributed by atoms with Gasteiger partial charge in [0.15, 0.2) is 0 Å². The van der Waals surface area contributed by atoms with Gasteiger partial charge in [-0.05, 0) is 63.8 Å². The Kier molecular flexibility index (Phi) is 5.18. The van der Waals surface area contributed by atoms with Crippen LogP contribution in [0.25, 0.3) is 11.0 Å². The molecule has 3 atom stereocenters. The van der Waals surface area contributed by atoms with Gasteiger partial charge >= 0.3 is 6.09 Å². The van der Waals surface area contributed by atoms with E-state index in [-0.39, 0.29) is 6.04 Å². The number of fused-ring (bicyclic) bond motifs is 3. The number of imidazole rings is 1. The number of nitrogens with zero attached hydrogens (tertiary/aromatic N) is 3. The minimum absolute atomic E-state index is 0.0152. The molecule has 2 aromatic carbocycles. The molecule has 0 aliphatic carbocycles. The second-order valence-corrected chi connectivity index (χ2v) is 9.07. The summed E-state index contributed by atoms with van der Waals surface area (Å²) >= 11 is 0. The second kappa shape index (κ2) is 8.00. The number of rotatable bonds is 3. The van der Waals surface area contributed by atoms with Crippen LogP contribution in [-0.2, 0) is 12.8 Å². The van der Waals surface area contributed by atoms with Gasteiger partial charge < -0.3 is 15.0 Å². The van der Waals surface area contributed by atoms with E-state index in [9.17, 15) is 9.90 Å². The van der Waals surface area contributed by atoms with Gasteiger partial charge in [0, 0.05) is 30.1 Å². The monoisotopic (exact) mass is 418 g/mol. The van der Waals surface area contributed by atoms with Gasteiger partial charge in [0.2, 0.25) is 0 Å². The Labute approximate surface area is 182 Å². The van der Waals surface area contributed by atoms with E-state index in [4.69, 9.17) is 4.98 Å². The van der Waals surface area contributed by atoms with Crippen molar-refractivity contribution in [2.45, 2.75) is 64.1 Å². The van der Waals surface area contributed by atoms with Gasteiger partial charge in [0.05, 0.1) is 16.7 Å². The highest BCUT2D eigenvalue weighted by Gasteiger charge is 2.32. The molecule has 6 nitrogen and oxygen atoms in total. The maximum Gasteiger partial charge on any atom is 0.412 e. The van der Waals surface area contributed by atoms with Crippen LogP contribution in [0.2, 0.25) is 0 Å². The molecule has 162 valence electrons. The molecule has 3 aromatic rings. The molecule has 1 saturated heterocycles. The van der Waals surface area contributed by atoms with Crippen molar-refractivity contribution in [3.05, 3.63) is 59.4 Å². The summed E-state index contributed by atoms with van der Waals surface area (Å²) in [4.78, 5) is 18.6. The van der Waals surface area contributed by atoms with E-state index < -0.39 is 6.09 Å². The zero-order chi connectivity index (χ0) is 21.5. The summed E-state index contributed by atoms with van der Waals surface area (Å²) in [5.41, 5.74) is 5.24. The van der Waals surface area contributed by atoms with Gasteiger partial charge in [-0.1, -0.05) is 30.3 Å². The first-order valence-corrected chi connectivity index (χ1v) is 11.3. The Bertz CT molecular complexity index is 1110. The molecule has 5 rings (SSSR count). The zero-order valence-electron chi connectivity index (χ0n) is 18.2. The third kappa shape index (κ3) is 3.59. The highest BCUT2D eigenvalue weighted by atomic mass is 16.4. The topological polar surface area (TPSA) is 70.4 Å². The highest BCUT2D eigenvalue weighted by Crippen LogP contribution is 2.38. The number of nitrogens with one attached hydrogen (secondary N) is 1. The number of anilines is 1. The van der Waals surface area contributed by atoms with Crippen molar-refractivity contribution in [1.82, 2.24) is 14.9 Å². The fraction of sp³-hybridized carbons (Fsp3) is 0.440. The summed E-state index contributed by atoms with van der Waals surface area (Å²) in [6, 6.07) is 15.4. The number of benzene rings is 2. The molecular weight excluding hydrogens is 388 g/mol. The molecule has 0 unspecified atom stereocenters. The molecule has 1 aromatic heterocycles. The van der Waals surface area contributed by atoms with Crippen molar-refractivity contribution in [3.8, 4) is 0 Å². The minimum atomic E-state index is -0.885. The van der Waals surface area contributed by atoms with Gasteiger partial charge in [-0.25, -0.2) is 9.78 Å². The molecule has 6 heteroatoms. The standard InChI is InChI=1S/C25H30N4O2/c1-16-14-19(12-13-26-16)29-22-11-10-21-20(9-8-17(2)28(21)25(30)31)24(22)27-23(29)15-18-6-4-3-5-7-18/h3-7,10-11,16-17,19,26H,8-9,12-15H2,1-2H3,(H,30,31)/t16-,17+,19+/m1/s1. The van der Waals surface area contributed by atoms with Crippen molar-refractivity contribution in [1.29, 1.82) is 0 Å². The molecule has 0 spiro atoms. The number of aromatic nitrogens is 2.